The Hall–Kier alpha value is -1.62. The van der Waals surface area contributed by atoms with Gasteiger partial charge in [-0.15, -0.1) is 0 Å². The summed E-state index contributed by atoms with van der Waals surface area (Å²) in [5.74, 6) is -0.183. The molecule has 1 unspecified atom stereocenters. The van der Waals surface area contributed by atoms with Crippen LogP contribution in [0.25, 0.3) is 0 Å². The van der Waals surface area contributed by atoms with Crippen molar-refractivity contribution in [1.82, 2.24) is 10.3 Å². The van der Waals surface area contributed by atoms with E-state index < -0.39 is 0 Å². The van der Waals surface area contributed by atoms with Crippen molar-refractivity contribution >= 4 is 11.6 Å². The molecule has 0 saturated carbocycles. The molecule has 0 radical (unpaired) electrons. The van der Waals surface area contributed by atoms with Crippen molar-refractivity contribution in [1.29, 1.82) is 0 Å². The second-order valence-corrected chi connectivity index (χ2v) is 4.86. The van der Waals surface area contributed by atoms with Crippen molar-refractivity contribution in [3.8, 4) is 0 Å². The van der Waals surface area contributed by atoms with E-state index in [1.165, 1.54) is 6.42 Å². The summed E-state index contributed by atoms with van der Waals surface area (Å²) in [6.45, 7) is 1.07. The summed E-state index contributed by atoms with van der Waals surface area (Å²) in [6, 6.07) is 3.84. The van der Waals surface area contributed by atoms with Gasteiger partial charge in [0.05, 0.1) is 12.6 Å². The Morgan fingerprint density at radius 1 is 1.53 bits per heavy atom. The van der Waals surface area contributed by atoms with Crippen molar-refractivity contribution in [2.75, 3.05) is 25.1 Å². The largest absolute Gasteiger partial charge is 0.394 e. The Morgan fingerprint density at radius 2 is 2.37 bits per heavy atom. The number of aromatic nitrogens is 1. The van der Waals surface area contributed by atoms with Crippen LogP contribution in [0.15, 0.2) is 18.3 Å². The predicted molar refractivity (Wildman–Crippen MR) is 74.3 cm³/mol. The van der Waals surface area contributed by atoms with Crippen LogP contribution >= 0.6 is 0 Å². The third kappa shape index (κ3) is 3.23. The normalized spacial score (nSPS) is 19.9. The van der Waals surface area contributed by atoms with Crippen LogP contribution in [0.2, 0.25) is 0 Å². The zero-order valence-electron chi connectivity index (χ0n) is 11.3. The first kappa shape index (κ1) is 13.8. The van der Waals surface area contributed by atoms with Gasteiger partial charge >= 0.3 is 0 Å². The minimum Gasteiger partial charge on any atom is -0.394 e. The van der Waals surface area contributed by atoms with Crippen LogP contribution in [0.1, 0.15) is 36.2 Å². The second-order valence-electron chi connectivity index (χ2n) is 4.86. The lowest BCUT2D eigenvalue weighted by Crippen LogP contribution is -2.37. The topological polar surface area (TPSA) is 65.5 Å². The van der Waals surface area contributed by atoms with E-state index in [9.17, 15) is 9.90 Å². The number of carbonyl (C=O) groups is 1. The number of hydrogen-bond acceptors (Lipinski definition) is 4. The van der Waals surface area contributed by atoms with Crippen LogP contribution in [0.3, 0.4) is 0 Å². The molecule has 19 heavy (non-hydrogen) atoms. The van der Waals surface area contributed by atoms with Gasteiger partial charge < -0.3 is 15.3 Å². The molecular formula is C14H21N3O2. The first-order valence-corrected chi connectivity index (χ1v) is 6.82. The Kier molecular flexibility index (Phi) is 4.74. The number of aliphatic hydroxyl groups is 1. The molecule has 1 aromatic heterocycles. The smallest absolute Gasteiger partial charge is 0.269 e. The average molecular weight is 263 g/mol. The molecule has 1 aliphatic rings. The van der Waals surface area contributed by atoms with Crippen molar-refractivity contribution in [2.45, 2.75) is 31.7 Å². The number of hydrogen-bond donors (Lipinski definition) is 2. The summed E-state index contributed by atoms with van der Waals surface area (Å²) in [5.41, 5.74) is 1.38. The molecule has 0 spiro atoms. The molecule has 1 aromatic rings. The number of nitrogens with zero attached hydrogens (tertiary/aromatic N) is 2. The molecule has 5 nitrogen and oxygen atoms in total. The number of nitrogens with one attached hydrogen (secondary N) is 1. The maximum absolute atomic E-state index is 11.6. The van der Waals surface area contributed by atoms with Crippen LogP contribution in [0, 0.1) is 0 Å². The fraction of sp³-hybridized carbons (Fsp3) is 0.571. The lowest BCUT2D eigenvalue weighted by atomic mass is 10.1. The molecule has 2 N–H and O–H groups in total. The molecule has 1 aliphatic heterocycles. The van der Waals surface area contributed by atoms with Crippen LogP contribution < -0.4 is 10.2 Å². The standard InChI is InChI=1S/C14H21N3O2/c1-15-14(19)13-9-11(6-7-16-13)17-8-4-2-3-5-12(17)10-18/h6-7,9,12,18H,2-5,8,10H2,1H3,(H,15,19). The van der Waals surface area contributed by atoms with Gasteiger partial charge in [-0.25, -0.2) is 0 Å². The van der Waals surface area contributed by atoms with E-state index in [2.05, 4.69) is 15.2 Å². The molecule has 5 heteroatoms. The molecule has 1 saturated heterocycles. The van der Waals surface area contributed by atoms with Crippen LogP contribution in [0.5, 0.6) is 0 Å². The molecule has 0 aliphatic carbocycles. The first-order chi connectivity index (χ1) is 9.26. The van der Waals surface area contributed by atoms with Gasteiger partial charge in [-0.05, 0) is 25.0 Å². The molecule has 104 valence electrons. The molecule has 0 bridgehead atoms. The van der Waals surface area contributed by atoms with E-state index in [0.29, 0.717) is 5.69 Å². The third-order valence-electron chi connectivity index (χ3n) is 3.62. The van der Waals surface area contributed by atoms with Crippen LogP contribution in [-0.2, 0) is 0 Å². The fourth-order valence-corrected chi connectivity index (χ4v) is 2.56. The van der Waals surface area contributed by atoms with Crippen molar-refractivity contribution in [3.05, 3.63) is 24.0 Å². The van der Waals surface area contributed by atoms with Gasteiger partial charge in [0.15, 0.2) is 0 Å². The summed E-state index contributed by atoms with van der Waals surface area (Å²) >= 11 is 0. The SMILES string of the molecule is CNC(=O)c1cc(N2CCCCCC2CO)ccn1. The summed E-state index contributed by atoms with van der Waals surface area (Å²) in [7, 11) is 1.60. The van der Waals surface area contributed by atoms with Crippen molar-refractivity contribution in [2.24, 2.45) is 0 Å². The summed E-state index contributed by atoms with van der Waals surface area (Å²) in [4.78, 5) is 17.9. The highest BCUT2D eigenvalue weighted by Crippen LogP contribution is 2.24. The van der Waals surface area contributed by atoms with E-state index in [0.717, 1.165) is 31.5 Å². The maximum atomic E-state index is 11.6. The number of rotatable bonds is 3. The molecule has 2 rings (SSSR count). The monoisotopic (exact) mass is 263 g/mol. The second kappa shape index (κ2) is 6.52. The van der Waals surface area contributed by atoms with E-state index in [-0.39, 0.29) is 18.6 Å². The lowest BCUT2D eigenvalue weighted by Gasteiger charge is -2.30. The number of aliphatic hydroxyl groups excluding tert-OH is 1. The predicted octanol–water partition coefficient (Wildman–Crippen LogP) is 1.18. The Balaban J connectivity index is 2.25. The van der Waals surface area contributed by atoms with Crippen molar-refractivity contribution in [3.63, 3.8) is 0 Å². The van der Waals surface area contributed by atoms with E-state index in [1.807, 2.05) is 6.07 Å². The van der Waals surface area contributed by atoms with Gasteiger partial charge in [-0.2, -0.15) is 0 Å². The fourth-order valence-electron chi connectivity index (χ4n) is 2.56. The maximum Gasteiger partial charge on any atom is 0.269 e. The molecule has 1 atom stereocenters. The molecule has 0 aromatic carbocycles. The summed E-state index contributed by atoms with van der Waals surface area (Å²) in [6.07, 6.45) is 6.11. The zero-order chi connectivity index (χ0) is 13.7. The average Bonchev–Trinajstić information content (AvgIpc) is 2.71. The Bertz CT molecular complexity index is 436. The third-order valence-corrected chi connectivity index (χ3v) is 3.62. The first-order valence-electron chi connectivity index (χ1n) is 6.82. The van der Waals surface area contributed by atoms with Gasteiger partial charge in [-0.3, -0.25) is 9.78 Å². The minimum absolute atomic E-state index is 0.141. The van der Waals surface area contributed by atoms with Gasteiger partial charge in [0.2, 0.25) is 0 Å². The van der Waals surface area contributed by atoms with E-state index in [1.54, 1.807) is 19.3 Å². The van der Waals surface area contributed by atoms with Gasteiger partial charge in [0, 0.05) is 25.5 Å². The number of carbonyl (C=O) groups excluding carboxylic acids is 1. The van der Waals surface area contributed by atoms with Gasteiger partial charge in [0.1, 0.15) is 5.69 Å². The lowest BCUT2D eigenvalue weighted by molar-refractivity contribution is 0.0958. The Labute approximate surface area is 113 Å². The Morgan fingerprint density at radius 3 is 3.11 bits per heavy atom. The number of pyridine rings is 1. The summed E-state index contributed by atoms with van der Waals surface area (Å²) < 4.78 is 0. The zero-order valence-corrected chi connectivity index (χ0v) is 11.3. The van der Waals surface area contributed by atoms with E-state index in [4.69, 9.17) is 0 Å². The number of amides is 1. The van der Waals surface area contributed by atoms with Crippen LogP contribution in [0.4, 0.5) is 5.69 Å². The highest BCUT2D eigenvalue weighted by molar-refractivity contribution is 5.92. The minimum atomic E-state index is -0.183. The highest BCUT2D eigenvalue weighted by atomic mass is 16.3. The molecule has 2 heterocycles. The quantitative estimate of drug-likeness (QED) is 0.859. The summed E-state index contributed by atoms with van der Waals surface area (Å²) in [5, 5.41) is 12.1. The molecule has 1 amide bonds. The van der Waals surface area contributed by atoms with Gasteiger partial charge in [0.25, 0.3) is 5.91 Å². The van der Waals surface area contributed by atoms with Crippen LogP contribution in [-0.4, -0.2) is 42.2 Å². The number of anilines is 1. The highest BCUT2D eigenvalue weighted by Gasteiger charge is 2.21. The van der Waals surface area contributed by atoms with Crippen molar-refractivity contribution < 1.29 is 9.90 Å². The van der Waals surface area contributed by atoms with E-state index >= 15 is 0 Å². The molecular weight excluding hydrogens is 242 g/mol. The van der Waals surface area contributed by atoms with Gasteiger partial charge in [-0.1, -0.05) is 12.8 Å². The molecule has 1 fully saturated rings.